The Morgan fingerprint density at radius 3 is 1.94 bits per heavy atom. The quantitative estimate of drug-likeness (QED) is 0.220. The summed E-state index contributed by atoms with van der Waals surface area (Å²) in [7, 11) is -5.07. The summed E-state index contributed by atoms with van der Waals surface area (Å²) in [6.07, 6.45) is 1.33. The number of aliphatic hydroxyl groups excluding tert-OH is 1. The molecule has 0 aliphatic rings. The maximum Gasteiger partial charge on any atom is 0.390 e. The highest BCUT2D eigenvalue weighted by atomic mass is 31.2. The van der Waals surface area contributed by atoms with Crippen molar-refractivity contribution < 1.29 is 24.3 Å². The maximum absolute atomic E-state index is 13.0. The van der Waals surface area contributed by atoms with Crippen molar-refractivity contribution in [3.63, 3.8) is 0 Å². The molecule has 1 heterocycles. The molecule has 0 bridgehead atoms. The molecule has 0 aliphatic heterocycles. The Kier molecular flexibility index (Phi) is 6.50. The molecule has 3 rings (SSSR count). The fourth-order valence-corrected chi connectivity index (χ4v) is 3.19. The number of aromatic nitrogens is 2. The maximum atomic E-state index is 13.0. The molecule has 0 unspecified atom stereocenters. The molecule has 0 amide bonds. The van der Waals surface area contributed by atoms with Gasteiger partial charge >= 0.3 is 13.3 Å². The number of nitrogens with zero attached hydrogens (tertiary/aromatic N) is 2. The second-order valence-corrected chi connectivity index (χ2v) is 8.27. The Balaban J connectivity index is 2.15. The fourth-order valence-electron chi connectivity index (χ4n) is 2.90. The number of carbonyl (C=O) groups is 1. The van der Waals surface area contributed by atoms with E-state index >= 15 is 0 Å². The summed E-state index contributed by atoms with van der Waals surface area (Å²) in [5, 5.41) is 9.47. The van der Waals surface area contributed by atoms with Crippen LogP contribution < -0.4 is 11.2 Å². The molecule has 0 atom stereocenters. The van der Waals surface area contributed by atoms with Gasteiger partial charge in [-0.3, -0.25) is 23.3 Å². The van der Waals surface area contributed by atoms with E-state index in [2.05, 4.69) is 0 Å². The average Bonchev–Trinajstić information content (AvgIpc) is 2.74. The number of rotatable bonds is 7. The molecule has 1 aromatic heterocycles. The molecular formula is C21H19N2O7P. The molecule has 0 fully saturated rings. The Labute approximate surface area is 176 Å². The SMILES string of the molecule is O=C(/C=C(/O)P(=O)(O)O)c1cn(Cc2ccccc2)c(=O)n(Cc2ccccc2)c1=O. The van der Waals surface area contributed by atoms with E-state index in [9.17, 15) is 24.1 Å². The lowest BCUT2D eigenvalue weighted by atomic mass is 10.2. The third-order valence-electron chi connectivity index (χ3n) is 4.44. The van der Waals surface area contributed by atoms with E-state index < -0.39 is 35.7 Å². The van der Waals surface area contributed by atoms with Gasteiger partial charge in [-0.05, 0) is 11.1 Å². The van der Waals surface area contributed by atoms with Crippen LogP contribution in [0.2, 0.25) is 0 Å². The van der Waals surface area contributed by atoms with Gasteiger partial charge in [0, 0.05) is 12.3 Å². The van der Waals surface area contributed by atoms with Gasteiger partial charge in [-0.15, -0.1) is 0 Å². The van der Waals surface area contributed by atoms with E-state index in [1.165, 1.54) is 0 Å². The summed E-state index contributed by atoms with van der Waals surface area (Å²) in [6.45, 7) is -0.0498. The molecule has 160 valence electrons. The number of hydrogen-bond acceptors (Lipinski definition) is 5. The van der Waals surface area contributed by atoms with Crippen LogP contribution in [0.4, 0.5) is 0 Å². The van der Waals surface area contributed by atoms with Crippen LogP contribution in [-0.2, 0) is 17.7 Å². The first-order valence-corrected chi connectivity index (χ1v) is 10.7. The van der Waals surface area contributed by atoms with E-state index in [0.29, 0.717) is 11.6 Å². The number of ketones is 1. The molecular weight excluding hydrogens is 423 g/mol. The van der Waals surface area contributed by atoms with Crippen molar-refractivity contribution in [3.05, 3.63) is 116 Å². The number of hydrogen-bond donors (Lipinski definition) is 3. The molecule has 0 saturated carbocycles. The van der Waals surface area contributed by atoms with Crippen molar-refractivity contribution >= 4 is 13.4 Å². The molecule has 3 N–H and O–H groups in total. The highest BCUT2D eigenvalue weighted by molar-refractivity contribution is 7.56. The minimum atomic E-state index is -5.07. The molecule has 9 nitrogen and oxygen atoms in total. The summed E-state index contributed by atoms with van der Waals surface area (Å²) in [6, 6.07) is 17.5. The highest BCUT2D eigenvalue weighted by Crippen LogP contribution is 2.42. The zero-order chi connectivity index (χ0) is 22.6. The van der Waals surface area contributed by atoms with Crippen molar-refractivity contribution in [3.8, 4) is 0 Å². The van der Waals surface area contributed by atoms with Crippen molar-refractivity contribution in [2.45, 2.75) is 13.1 Å². The van der Waals surface area contributed by atoms with E-state index in [-0.39, 0.29) is 13.1 Å². The summed E-state index contributed by atoms with van der Waals surface area (Å²) in [4.78, 5) is 56.4. The van der Waals surface area contributed by atoms with Crippen molar-refractivity contribution in [2.24, 2.45) is 0 Å². The lowest BCUT2D eigenvalue weighted by Crippen LogP contribution is -2.42. The van der Waals surface area contributed by atoms with E-state index in [0.717, 1.165) is 20.9 Å². The summed E-state index contributed by atoms with van der Waals surface area (Å²) in [5.74, 6) is -1.13. The van der Waals surface area contributed by atoms with Gasteiger partial charge in [0.2, 0.25) is 5.50 Å². The topological polar surface area (TPSA) is 139 Å². The molecule has 2 aromatic carbocycles. The van der Waals surface area contributed by atoms with E-state index in [1.807, 2.05) is 0 Å². The molecule has 10 heteroatoms. The number of allylic oxidation sites excluding steroid dienone is 1. The fraction of sp³-hybridized carbons (Fsp3) is 0.0952. The van der Waals surface area contributed by atoms with Gasteiger partial charge in [0.05, 0.1) is 13.1 Å². The molecule has 0 spiro atoms. The first kappa shape index (κ1) is 22.2. The number of aliphatic hydroxyl groups is 1. The second kappa shape index (κ2) is 9.09. The van der Waals surface area contributed by atoms with Gasteiger partial charge in [0.1, 0.15) is 5.56 Å². The van der Waals surface area contributed by atoms with Crippen LogP contribution in [0.5, 0.6) is 0 Å². The third kappa shape index (κ3) is 5.35. The largest absolute Gasteiger partial charge is 0.501 e. The van der Waals surface area contributed by atoms with Gasteiger partial charge in [-0.2, -0.15) is 0 Å². The van der Waals surface area contributed by atoms with Crippen LogP contribution in [0, 0.1) is 0 Å². The van der Waals surface area contributed by atoms with E-state index in [1.54, 1.807) is 60.7 Å². The van der Waals surface area contributed by atoms with Crippen LogP contribution in [0.15, 0.2) is 88.0 Å². The normalized spacial score (nSPS) is 12.0. The first-order valence-electron chi connectivity index (χ1n) is 9.10. The lowest BCUT2D eigenvalue weighted by Gasteiger charge is -2.13. The summed E-state index contributed by atoms with van der Waals surface area (Å²) < 4.78 is 13.2. The Hall–Kier alpha value is -3.52. The second-order valence-electron chi connectivity index (χ2n) is 6.73. The molecule has 0 saturated heterocycles. The minimum absolute atomic E-state index is 0.0587. The Morgan fingerprint density at radius 1 is 0.903 bits per heavy atom. The van der Waals surface area contributed by atoms with Crippen molar-refractivity contribution in [1.29, 1.82) is 0 Å². The lowest BCUT2D eigenvalue weighted by molar-refractivity contribution is 0.104. The average molecular weight is 442 g/mol. The van der Waals surface area contributed by atoms with Gasteiger partial charge < -0.3 is 14.9 Å². The Bertz CT molecular complexity index is 1290. The summed E-state index contributed by atoms with van der Waals surface area (Å²) in [5.41, 5.74) is -2.18. The van der Waals surface area contributed by atoms with Gasteiger partial charge in [-0.25, -0.2) is 4.79 Å². The van der Waals surface area contributed by atoms with Crippen LogP contribution in [0.25, 0.3) is 0 Å². The predicted molar refractivity (Wildman–Crippen MR) is 113 cm³/mol. The molecule has 3 aromatic rings. The molecule has 0 aliphatic carbocycles. The molecule has 0 radical (unpaired) electrons. The highest BCUT2D eigenvalue weighted by Gasteiger charge is 2.23. The van der Waals surface area contributed by atoms with Crippen LogP contribution in [0.3, 0.4) is 0 Å². The number of carbonyl (C=O) groups excluding carboxylic acids is 1. The number of benzene rings is 2. The smallest absolute Gasteiger partial charge is 0.390 e. The van der Waals surface area contributed by atoms with Crippen molar-refractivity contribution in [1.82, 2.24) is 9.13 Å². The van der Waals surface area contributed by atoms with E-state index in [4.69, 9.17) is 9.79 Å². The first-order chi connectivity index (χ1) is 14.7. The van der Waals surface area contributed by atoms with Gasteiger partial charge in [0.25, 0.3) is 5.56 Å². The predicted octanol–water partition coefficient (Wildman–Crippen LogP) is 1.87. The van der Waals surface area contributed by atoms with Gasteiger partial charge in [0.15, 0.2) is 5.78 Å². The van der Waals surface area contributed by atoms with Gasteiger partial charge in [-0.1, -0.05) is 60.7 Å². The van der Waals surface area contributed by atoms with Crippen LogP contribution >= 0.6 is 7.60 Å². The molecule has 31 heavy (non-hydrogen) atoms. The third-order valence-corrected chi connectivity index (χ3v) is 5.17. The zero-order valence-corrected chi connectivity index (χ0v) is 17.1. The van der Waals surface area contributed by atoms with Crippen LogP contribution in [-0.4, -0.2) is 29.8 Å². The van der Waals surface area contributed by atoms with Crippen molar-refractivity contribution in [2.75, 3.05) is 0 Å². The standard InChI is InChI=1S/C21H19N2O7P/c24-18(11-19(25)31(28,29)30)17-14-22(12-15-7-3-1-4-8-15)21(27)23(20(17)26)13-16-9-5-2-6-10-16/h1-11,14,25H,12-13H2,(H2,28,29,30)/b19-11-. The Morgan fingerprint density at radius 2 is 1.42 bits per heavy atom. The minimum Gasteiger partial charge on any atom is -0.501 e. The van der Waals surface area contributed by atoms with Crippen LogP contribution in [0.1, 0.15) is 21.5 Å². The zero-order valence-electron chi connectivity index (χ0n) is 16.2. The monoisotopic (exact) mass is 442 g/mol. The summed E-state index contributed by atoms with van der Waals surface area (Å²) >= 11 is 0.